The summed E-state index contributed by atoms with van der Waals surface area (Å²) in [6, 6.07) is 38.5. The van der Waals surface area contributed by atoms with Crippen LogP contribution in [0, 0.1) is 0 Å². The van der Waals surface area contributed by atoms with Crippen molar-refractivity contribution in [2.45, 2.75) is 0 Å². The van der Waals surface area contributed by atoms with Gasteiger partial charge in [-0.1, -0.05) is 24.3 Å². The Morgan fingerprint density at radius 1 is 0.455 bits per heavy atom. The van der Waals surface area contributed by atoms with Gasteiger partial charge >= 0.3 is 0 Å². The molecule has 2 aliphatic rings. The molecule has 0 saturated carbocycles. The number of aromatic nitrogens is 1. The van der Waals surface area contributed by atoms with Crippen LogP contribution < -0.4 is 25.1 Å². The van der Waals surface area contributed by atoms with Crippen molar-refractivity contribution in [1.29, 1.82) is 0 Å². The van der Waals surface area contributed by atoms with E-state index >= 15 is 0 Å². The number of hydrogen-bond donors (Lipinski definition) is 3. The average Bonchev–Trinajstić information content (AvgIpc) is 3.32. The molecule has 8 heteroatoms. The number of nitrogens with zero attached hydrogens (tertiary/aromatic N) is 3. The molecule has 6 aromatic carbocycles. The Hall–Kier alpha value is -6.28. The molecular formula is C36H24N4O4. The van der Waals surface area contributed by atoms with E-state index in [-0.39, 0.29) is 11.5 Å². The summed E-state index contributed by atoms with van der Waals surface area (Å²) in [5.74, 6) is 9.39. The first-order valence-corrected chi connectivity index (χ1v) is 14.2. The summed E-state index contributed by atoms with van der Waals surface area (Å²) < 4.78 is 14.0. The number of fused-ring (bicyclic) bond motifs is 7. The molecule has 0 fully saturated rings. The molecular weight excluding hydrogens is 552 g/mol. The van der Waals surface area contributed by atoms with Crippen LogP contribution in [0.25, 0.3) is 21.8 Å². The number of phenols is 2. The monoisotopic (exact) mass is 576 g/mol. The predicted octanol–water partition coefficient (Wildman–Crippen LogP) is 9.07. The number of hydrogen-bond acceptors (Lipinski definition) is 7. The second-order valence-electron chi connectivity index (χ2n) is 10.9. The molecule has 0 radical (unpaired) electrons. The van der Waals surface area contributed by atoms with Crippen LogP contribution in [0.5, 0.6) is 34.5 Å². The molecule has 0 unspecified atom stereocenters. The zero-order valence-corrected chi connectivity index (χ0v) is 23.2. The maximum atomic E-state index is 10.2. The second-order valence-corrected chi connectivity index (χ2v) is 10.9. The Kier molecular flexibility index (Phi) is 4.90. The Morgan fingerprint density at radius 3 is 1.39 bits per heavy atom. The first-order valence-electron chi connectivity index (χ1n) is 14.2. The van der Waals surface area contributed by atoms with Gasteiger partial charge in [0.1, 0.15) is 11.5 Å². The van der Waals surface area contributed by atoms with Crippen LogP contribution >= 0.6 is 0 Å². The van der Waals surface area contributed by atoms with Crippen LogP contribution in [0.3, 0.4) is 0 Å². The van der Waals surface area contributed by atoms with Crippen LogP contribution in [0.2, 0.25) is 0 Å². The van der Waals surface area contributed by atoms with Crippen molar-refractivity contribution < 1.29 is 19.7 Å². The van der Waals surface area contributed by atoms with Gasteiger partial charge in [-0.05, 0) is 84.9 Å². The predicted molar refractivity (Wildman–Crippen MR) is 172 cm³/mol. The minimum atomic E-state index is 0.0905. The lowest BCUT2D eigenvalue weighted by atomic mass is 10.1. The Balaban J connectivity index is 1.25. The van der Waals surface area contributed by atoms with E-state index in [1.807, 2.05) is 60.7 Å². The van der Waals surface area contributed by atoms with Gasteiger partial charge in [-0.2, -0.15) is 0 Å². The molecule has 0 aliphatic carbocycles. The Morgan fingerprint density at radius 2 is 0.886 bits per heavy atom. The number of nitrogens with two attached hydrogens (primary N) is 1. The standard InChI is InChI=1S/C36H24N4O4/c37-40-27-13-9-21(38-29-5-1-3-7-33(29)43-34-8-4-2-6-30(34)38)17-25(27)26-18-22(10-14-28(26)40)39-31-15-11-23(41)19-35(31)44-36-20-24(42)12-16-32(36)39/h1-20,41-42H,37H2. The molecule has 8 nitrogen and oxygen atoms in total. The minimum Gasteiger partial charge on any atom is -0.508 e. The largest absolute Gasteiger partial charge is 0.508 e. The first-order chi connectivity index (χ1) is 21.5. The molecule has 0 atom stereocenters. The summed E-state index contributed by atoms with van der Waals surface area (Å²) in [6.45, 7) is 0. The summed E-state index contributed by atoms with van der Waals surface area (Å²) >= 11 is 0. The molecule has 0 spiro atoms. The van der Waals surface area contributed by atoms with E-state index in [1.54, 1.807) is 28.9 Å². The van der Waals surface area contributed by atoms with E-state index in [0.717, 1.165) is 67.4 Å². The maximum Gasteiger partial charge on any atom is 0.155 e. The van der Waals surface area contributed by atoms with Crippen LogP contribution in [0.4, 0.5) is 34.1 Å². The molecule has 2 aliphatic heterocycles. The van der Waals surface area contributed by atoms with Gasteiger partial charge < -0.3 is 35.3 Å². The number of anilines is 6. The molecule has 212 valence electrons. The number of para-hydroxylation sites is 4. The second kappa shape index (κ2) is 8.86. The van der Waals surface area contributed by atoms with Gasteiger partial charge in [-0.15, -0.1) is 0 Å². The van der Waals surface area contributed by atoms with Gasteiger partial charge in [-0.3, -0.25) is 4.68 Å². The molecule has 1 aromatic heterocycles. The van der Waals surface area contributed by atoms with Gasteiger partial charge in [0.2, 0.25) is 0 Å². The molecule has 0 bridgehead atoms. The summed E-state index contributed by atoms with van der Waals surface area (Å²) in [5.41, 5.74) is 7.07. The van der Waals surface area contributed by atoms with Crippen LogP contribution in [0.15, 0.2) is 121 Å². The Bertz CT molecular complexity index is 2210. The van der Waals surface area contributed by atoms with E-state index in [1.165, 1.54) is 0 Å². The third kappa shape index (κ3) is 3.45. The van der Waals surface area contributed by atoms with Gasteiger partial charge in [0.05, 0.1) is 33.8 Å². The SMILES string of the molecule is Nn1c2ccc(N3c4ccccc4Oc4ccccc43)cc2c2cc(N3c4ccc(O)cc4Oc4cc(O)ccc43)ccc21. The normalized spacial score (nSPS) is 13.1. The van der Waals surface area contributed by atoms with Gasteiger partial charge in [0, 0.05) is 34.3 Å². The van der Waals surface area contributed by atoms with Crippen molar-refractivity contribution >= 4 is 55.9 Å². The van der Waals surface area contributed by atoms with E-state index in [2.05, 4.69) is 46.2 Å². The summed E-state index contributed by atoms with van der Waals surface area (Å²) in [6.07, 6.45) is 0. The van der Waals surface area contributed by atoms with Gasteiger partial charge in [0.15, 0.2) is 23.0 Å². The van der Waals surface area contributed by atoms with Crippen LogP contribution in [-0.2, 0) is 0 Å². The van der Waals surface area contributed by atoms with Crippen LogP contribution in [0.1, 0.15) is 0 Å². The van der Waals surface area contributed by atoms with E-state index < -0.39 is 0 Å². The number of phenolic OH excluding ortho intramolecular Hbond substituents is 2. The van der Waals surface area contributed by atoms with Crippen molar-refractivity contribution in [3.63, 3.8) is 0 Å². The van der Waals surface area contributed by atoms with E-state index in [9.17, 15) is 10.2 Å². The molecule has 44 heavy (non-hydrogen) atoms. The number of benzene rings is 6. The highest BCUT2D eigenvalue weighted by Gasteiger charge is 2.28. The Labute approximate surface area is 251 Å². The van der Waals surface area contributed by atoms with Gasteiger partial charge in [-0.25, -0.2) is 0 Å². The quantitative estimate of drug-likeness (QED) is 0.177. The minimum absolute atomic E-state index is 0.0905. The summed E-state index contributed by atoms with van der Waals surface area (Å²) in [4.78, 5) is 4.27. The lowest BCUT2D eigenvalue weighted by Gasteiger charge is -2.33. The smallest absolute Gasteiger partial charge is 0.155 e. The van der Waals surface area contributed by atoms with E-state index in [0.29, 0.717) is 11.5 Å². The third-order valence-corrected chi connectivity index (χ3v) is 8.31. The fourth-order valence-electron chi connectivity index (χ4n) is 6.36. The van der Waals surface area contributed by atoms with Crippen molar-refractivity contribution in [3.05, 3.63) is 121 Å². The highest BCUT2D eigenvalue weighted by atomic mass is 16.5. The highest BCUT2D eigenvalue weighted by Crippen LogP contribution is 2.53. The molecule has 0 amide bonds. The average molecular weight is 577 g/mol. The van der Waals surface area contributed by atoms with Crippen molar-refractivity contribution in [2.75, 3.05) is 15.6 Å². The fourth-order valence-corrected chi connectivity index (χ4v) is 6.36. The number of nitrogen functional groups attached to an aromatic ring is 1. The lowest BCUT2D eigenvalue weighted by Crippen LogP contribution is -2.15. The molecule has 9 rings (SSSR count). The van der Waals surface area contributed by atoms with Crippen LogP contribution in [-0.4, -0.2) is 14.9 Å². The molecule has 3 heterocycles. The fraction of sp³-hybridized carbons (Fsp3) is 0. The van der Waals surface area contributed by atoms with Crippen molar-refractivity contribution in [1.82, 2.24) is 4.68 Å². The first kappa shape index (κ1) is 24.3. The molecule has 4 N–H and O–H groups in total. The zero-order valence-electron chi connectivity index (χ0n) is 23.2. The molecule has 7 aromatic rings. The molecule has 0 saturated heterocycles. The van der Waals surface area contributed by atoms with Crippen molar-refractivity contribution in [2.24, 2.45) is 0 Å². The van der Waals surface area contributed by atoms with E-state index in [4.69, 9.17) is 15.3 Å². The highest BCUT2D eigenvalue weighted by molar-refractivity contribution is 6.11. The maximum absolute atomic E-state index is 10.2. The van der Waals surface area contributed by atoms with Gasteiger partial charge in [0.25, 0.3) is 0 Å². The lowest BCUT2D eigenvalue weighted by molar-refractivity contribution is 0.443. The number of aromatic hydroxyl groups is 2. The zero-order chi connectivity index (χ0) is 29.5. The number of rotatable bonds is 2. The summed E-state index contributed by atoms with van der Waals surface area (Å²) in [5, 5.41) is 22.3. The topological polar surface area (TPSA) is 96.4 Å². The number of ether oxygens (including phenoxy) is 2. The summed E-state index contributed by atoms with van der Waals surface area (Å²) in [7, 11) is 0. The van der Waals surface area contributed by atoms with Crippen molar-refractivity contribution in [3.8, 4) is 34.5 Å². The third-order valence-electron chi connectivity index (χ3n) is 8.31.